The molecule has 1 N–H and O–H groups in total. The Bertz CT molecular complexity index is 721. The van der Waals surface area contributed by atoms with Crippen LogP contribution in [0.3, 0.4) is 0 Å². The SMILES string of the molecule is Cc1csc(COc2cc3ccccc3cc2O)n1. The van der Waals surface area contributed by atoms with Gasteiger partial charge < -0.3 is 9.84 Å². The molecule has 0 unspecified atom stereocenters. The minimum Gasteiger partial charge on any atom is -0.504 e. The topological polar surface area (TPSA) is 42.4 Å². The number of aryl methyl sites for hydroxylation is 1. The summed E-state index contributed by atoms with van der Waals surface area (Å²) in [6.45, 7) is 2.33. The van der Waals surface area contributed by atoms with Crippen molar-refractivity contribution < 1.29 is 9.84 Å². The summed E-state index contributed by atoms with van der Waals surface area (Å²) in [5.41, 5.74) is 0.992. The number of phenolic OH excluding ortho intramolecular Hbond substituents is 1. The molecule has 0 radical (unpaired) electrons. The fraction of sp³-hybridized carbons (Fsp3) is 0.133. The highest BCUT2D eigenvalue weighted by Crippen LogP contribution is 2.32. The fourth-order valence-electron chi connectivity index (χ4n) is 1.93. The van der Waals surface area contributed by atoms with E-state index in [1.165, 1.54) is 0 Å². The minimum absolute atomic E-state index is 0.159. The monoisotopic (exact) mass is 271 g/mol. The number of aromatic hydroxyl groups is 1. The van der Waals surface area contributed by atoms with E-state index in [9.17, 15) is 5.11 Å². The van der Waals surface area contributed by atoms with Gasteiger partial charge in [-0.25, -0.2) is 4.98 Å². The van der Waals surface area contributed by atoms with E-state index in [0.29, 0.717) is 12.4 Å². The average molecular weight is 271 g/mol. The standard InChI is InChI=1S/C15H13NO2S/c1-10-9-19-15(16-10)8-18-14-7-12-5-3-2-4-11(12)6-13(14)17/h2-7,9,17H,8H2,1H3. The van der Waals surface area contributed by atoms with Gasteiger partial charge in [-0.1, -0.05) is 24.3 Å². The Hall–Kier alpha value is -2.07. The van der Waals surface area contributed by atoms with Gasteiger partial charge in [0.25, 0.3) is 0 Å². The number of ether oxygens (including phenoxy) is 1. The molecule has 0 aliphatic carbocycles. The largest absolute Gasteiger partial charge is 0.504 e. The number of hydrogen-bond donors (Lipinski definition) is 1. The molecule has 4 heteroatoms. The first-order valence-corrected chi connectivity index (χ1v) is 6.86. The second-order valence-corrected chi connectivity index (χ2v) is 5.28. The van der Waals surface area contributed by atoms with Crippen LogP contribution < -0.4 is 4.74 Å². The van der Waals surface area contributed by atoms with Crippen LogP contribution in [0.1, 0.15) is 10.7 Å². The molecule has 19 heavy (non-hydrogen) atoms. The molecule has 3 aromatic rings. The molecule has 3 nitrogen and oxygen atoms in total. The highest BCUT2D eigenvalue weighted by Gasteiger charge is 2.06. The first-order valence-electron chi connectivity index (χ1n) is 5.98. The number of nitrogens with zero attached hydrogens (tertiary/aromatic N) is 1. The van der Waals surface area contributed by atoms with Crippen LogP contribution in [0, 0.1) is 6.92 Å². The predicted octanol–water partition coefficient (Wildman–Crippen LogP) is 3.89. The lowest BCUT2D eigenvalue weighted by atomic mass is 10.1. The van der Waals surface area contributed by atoms with Crippen molar-refractivity contribution in [1.82, 2.24) is 4.98 Å². The Balaban J connectivity index is 1.86. The average Bonchev–Trinajstić information content (AvgIpc) is 2.82. The Kier molecular flexibility index (Phi) is 3.09. The van der Waals surface area contributed by atoms with Crippen molar-refractivity contribution in [3.05, 3.63) is 52.5 Å². The van der Waals surface area contributed by atoms with E-state index in [-0.39, 0.29) is 5.75 Å². The summed E-state index contributed by atoms with van der Waals surface area (Å²) >= 11 is 1.56. The number of hydrogen-bond acceptors (Lipinski definition) is 4. The van der Waals surface area contributed by atoms with E-state index in [0.717, 1.165) is 21.5 Å². The summed E-state index contributed by atoms with van der Waals surface area (Å²) in [7, 11) is 0. The highest BCUT2D eigenvalue weighted by molar-refractivity contribution is 7.09. The fourth-order valence-corrected chi connectivity index (χ4v) is 2.61. The van der Waals surface area contributed by atoms with Gasteiger partial charge in [0.05, 0.1) is 0 Å². The van der Waals surface area contributed by atoms with E-state index >= 15 is 0 Å². The van der Waals surface area contributed by atoms with Gasteiger partial charge >= 0.3 is 0 Å². The number of aromatic nitrogens is 1. The van der Waals surface area contributed by atoms with Gasteiger partial charge in [0.2, 0.25) is 0 Å². The smallest absolute Gasteiger partial charge is 0.162 e. The van der Waals surface area contributed by atoms with Gasteiger partial charge in [0.1, 0.15) is 11.6 Å². The summed E-state index contributed by atoms with van der Waals surface area (Å²) in [4.78, 5) is 4.33. The molecule has 0 aliphatic heterocycles. The molecule has 0 spiro atoms. The quantitative estimate of drug-likeness (QED) is 0.785. The van der Waals surface area contributed by atoms with E-state index in [2.05, 4.69) is 4.98 Å². The molecule has 0 saturated carbocycles. The van der Waals surface area contributed by atoms with Crippen LogP contribution in [0.4, 0.5) is 0 Å². The van der Waals surface area contributed by atoms with Crippen LogP contribution in [0.2, 0.25) is 0 Å². The Morgan fingerprint density at radius 1 is 1.21 bits per heavy atom. The Morgan fingerprint density at radius 2 is 1.95 bits per heavy atom. The third-order valence-corrected chi connectivity index (χ3v) is 3.79. The maximum absolute atomic E-state index is 9.95. The second-order valence-electron chi connectivity index (χ2n) is 4.34. The third kappa shape index (κ3) is 2.53. The molecule has 0 fully saturated rings. The first-order chi connectivity index (χ1) is 9.22. The summed E-state index contributed by atoms with van der Waals surface area (Å²) in [6.07, 6.45) is 0. The van der Waals surface area contributed by atoms with Crippen LogP contribution in [-0.2, 0) is 6.61 Å². The zero-order valence-corrected chi connectivity index (χ0v) is 11.3. The molecule has 1 heterocycles. The Morgan fingerprint density at radius 3 is 2.63 bits per heavy atom. The highest BCUT2D eigenvalue weighted by atomic mass is 32.1. The minimum atomic E-state index is 0.159. The molecule has 96 valence electrons. The van der Waals surface area contributed by atoms with E-state index < -0.39 is 0 Å². The summed E-state index contributed by atoms with van der Waals surface area (Å²) in [5.74, 6) is 0.651. The number of rotatable bonds is 3. The summed E-state index contributed by atoms with van der Waals surface area (Å²) in [5, 5.41) is 14.9. The Labute approximate surface area is 115 Å². The maximum Gasteiger partial charge on any atom is 0.162 e. The van der Waals surface area contributed by atoms with E-state index in [1.54, 1.807) is 17.4 Å². The van der Waals surface area contributed by atoms with Gasteiger partial charge in [-0.05, 0) is 29.8 Å². The van der Waals surface area contributed by atoms with Crippen LogP contribution in [0.15, 0.2) is 41.8 Å². The molecule has 0 aliphatic rings. The molecule has 0 atom stereocenters. The molecule has 0 amide bonds. The van der Waals surface area contributed by atoms with Gasteiger partial charge in [0.15, 0.2) is 11.5 Å². The molecule has 0 saturated heterocycles. The van der Waals surface area contributed by atoms with Crippen LogP contribution in [0.5, 0.6) is 11.5 Å². The number of phenols is 1. The maximum atomic E-state index is 9.95. The first kappa shape index (κ1) is 12.0. The molecule has 1 aromatic heterocycles. The van der Waals surface area contributed by atoms with Gasteiger partial charge in [-0.3, -0.25) is 0 Å². The van der Waals surface area contributed by atoms with Crippen LogP contribution >= 0.6 is 11.3 Å². The lowest BCUT2D eigenvalue weighted by Crippen LogP contribution is -1.95. The summed E-state index contributed by atoms with van der Waals surface area (Å²) in [6, 6.07) is 11.4. The molecular formula is C15H13NO2S. The third-order valence-electron chi connectivity index (χ3n) is 2.84. The van der Waals surface area contributed by atoms with Crippen molar-refractivity contribution >= 4 is 22.1 Å². The molecule has 2 aromatic carbocycles. The van der Waals surface area contributed by atoms with E-state index in [4.69, 9.17) is 4.74 Å². The van der Waals surface area contributed by atoms with Crippen molar-refractivity contribution in [2.45, 2.75) is 13.5 Å². The summed E-state index contributed by atoms with van der Waals surface area (Å²) < 4.78 is 5.64. The van der Waals surface area contributed by atoms with Crippen LogP contribution in [0.25, 0.3) is 10.8 Å². The van der Waals surface area contributed by atoms with Gasteiger partial charge in [-0.15, -0.1) is 11.3 Å². The number of thiazole rings is 1. The number of benzene rings is 2. The van der Waals surface area contributed by atoms with Gasteiger partial charge in [0, 0.05) is 11.1 Å². The van der Waals surface area contributed by atoms with Crippen molar-refractivity contribution in [3.8, 4) is 11.5 Å². The van der Waals surface area contributed by atoms with Crippen molar-refractivity contribution in [3.63, 3.8) is 0 Å². The lowest BCUT2D eigenvalue weighted by molar-refractivity contribution is 0.289. The van der Waals surface area contributed by atoms with Crippen molar-refractivity contribution in [1.29, 1.82) is 0 Å². The molecule has 3 rings (SSSR count). The number of fused-ring (bicyclic) bond motifs is 1. The normalized spacial score (nSPS) is 10.8. The molecular weight excluding hydrogens is 258 g/mol. The van der Waals surface area contributed by atoms with Gasteiger partial charge in [-0.2, -0.15) is 0 Å². The zero-order valence-electron chi connectivity index (χ0n) is 10.5. The van der Waals surface area contributed by atoms with Crippen molar-refractivity contribution in [2.75, 3.05) is 0 Å². The zero-order chi connectivity index (χ0) is 13.2. The van der Waals surface area contributed by atoms with E-state index in [1.807, 2.05) is 42.6 Å². The second kappa shape index (κ2) is 4.90. The molecule has 0 bridgehead atoms. The lowest BCUT2D eigenvalue weighted by Gasteiger charge is -2.08. The van der Waals surface area contributed by atoms with Crippen molar-refractivity contribution in [2.24, 2.45) is 0 Å². The van der Waals surface area contributed by atoms with Crippen LogP contribution in [-0.4, -0.2) is 10.1 Å². The predicted molar refractivity (Wildman–Crippen MR) is 76.8 cm³/mol.